The summed E-state index contributed by atoms with van der Waals surface area (Å²) in [6.45, 7) is 3.34. The molecule has 0 bridgehead atoms. The summed E-state index contributed by atoms with van der Waals surface area (Å²) < 4.78 is 30.6. The molecule has 1 N–H and O–H groups in total. The van der Waals surface area contributed by atoms with Crippen molar-refractivity contribution >= 4 is 21.6 Å². The second-order valence-corrected chi connectivity index (χ2v) is 9.45. The number of nitrogens with one attached hydrogen (secondary N) is 1. The number of nitrogens with zero attached hydrogens (tertiary/aromatic N) is 2. The van der Waals surface area contributed by atoms with E-state index in [-0.39, 0.29) is 12.5 Å². The number of carbonyl (C=O) groups is 1. The molecular formula is C22H29N3O4S. The van der Waals surface area contributed by atoms with Crippen molar-refractivity contribution in [2.75, 3.05) is 37.3 Å². The third-order valence-electron chi connectivity index (χ3n) is 5.17. The van der Waals surface area contributed by atoms with Crippen molar-refractivity contribution in [3.05, 3.63) is 59.7 Å². The van der Waals surface area contributed by atoms with Crippen LogP contribution in [0, 0.1) is 0 Å². The number of anilines is 1. The SMILES string of the molecule is COc1ccc(N(CC(=O)NCc2ccc(CN3CCCC3)cc2)S(C)(=O)=O)cc1. The standard InChI is InChI=1S/C22H29N3O4S/c1-29-21-11-9-20(10-12-21)25(30(2,27)28)17-22(26)23-15-18-5-7-19(8-6-18)16-24-13-3-4-14-24/h5-12H,3-4,13-17H2,1-2H3,(H,23,26). The van der Waals surface area contributed by atoms with Gasteiger partial charge in [0.15, 0.2) is 0 Å². The lowest BCUT2D eigenvalue weighted by molar-refractivity contribution is -0.119. The lowest BCUT2D eigenvalue weighted by Crippen LogP contribution is -2.40. The van der Waals surface area contributed by atoms with Crippen LogP contribution in [0.3, 0.4) is 0 Å². The molecule has 0 saturated carbocycles. The Balaban J connectivity index is 1.56. The van der Waals surface area contributed by atoms with Gasteiger partial charge in [-0.15, -0.1) is 0 Å². The maximum absolute atomic E-state index is 12.4. The smallest absolute Gasteiger partial charge is 0.241 e. The Labute approximate surface area is 178 Å². The maximum Gasteiger partial charge on any atom is 0.241 e. The zero-order valence-corrected chi connectivity index (χ0v) is 18.3. The molecule has 7 nitrogen and oxygen atoms in total. The van der Waals surface area contributed by atoms with E-state index in [0.29, 0.717) is 18.0 Å². The predicted molar refractivity (Wildman–Crippen MR) is 118 cm³/mol. The zero-order valence-electron chi connectivity index (χ0n) is 17.5. The molecule has 0 aromatic heterocycles. The van der Waals surface area contributed by atoms with Crippen LogP contribution >= 0.6 is 0 Å². The van der Waals surface area contributed by atoms with E-state index >= 15 is 0 Å². The van der Waals surface area contributed by atoms with Gasteiger partial charge in [-0.1, -0.05) is 24.3 Å². The first-order valence-electron chi connectivity index (χ1n) is 10.0. The van der Waals surface area contributed by atoms with Crippen molar-refractivity contribution in [1.29, 1.82) is 0 Å². The van der Waals surface area contributed by atoms with Gasteiger partial charge in [0, 0.05) is 13.1 Å². The van der Waals surface area contributed by atoms with Crippen molar-refractivity contribution in [2.45, 2.75) is 25.9 Å². The van der Waals surface area contributed by atoms with Crippen LogP contribution in [0.15, 0.2) is 48.5 Å². The van der Waals surface area contributed by atoms with Crippen LogP contribution in [0.1, 0.15) is 24.0 Å². The average molecular weight is 432 g/mol. The van der Waals surface area contributed by atoms with Gasteiger partial charge in [0.1, 0.15) is 12.3 Å². The molecule has 8 heteroatoms. The van der Waals surface area contributed by atoms with Crippen LogP contribution in [0.25, 0.3) is 0 Å². The van der Waals surface area contributed by atoms with E-state index in [4.69, 9.17) is 4.74 Å². The van der Waals surface area contributed by atoms with Crippen LogP contribution in [-0.2, 0) is 27.9 Å². The number of ether oxygens (including phenoxy) is 1. The minimum Gasteiger partial charge on any atom is -0.497 e. The van der Waals surface area contributed by atoms with Crippen molar-refractivity contribution in [3.8, 4) is 5.75 Å². The molecule has 2 aromatic carbocycles. The van der Waals surface area contributed by atoms with Crippen LogP contribution in [0.4, 0.5) is 5.69 Å². The van der Waals surface area contributed by atoms with E-state index in [9.17, 15) is 13.2 Å². The molecule has 2 aromatic rings. The second-order valence-electron chi connectivity index (χ2n) is 7.54. The molecule has 0 spiro atoms. The Kier molecular flexibility index (Phi) is 7.33. The molecule has 0 atom stereocenters. The summed E-state index contributed by atoms with van der Waals surface area (Å²) in [5, 5.41) is 2.81. The Morgan fingerprint density at radius 1 is 1.03 bits per heavy atom. The van der Waals surface area contributed by atoms with Gasteiger partial charge in [0.2, 0.25) is 15.9 Å². The quantitative estimate of drug-likeness (QED) is 0.660. The van der Waals surface area contributed by atoms with Gasteiger partial charge in [-0.05, 0) is 61.3 Å². The van der Waals surface area contributed by atoms with Gasteiger partial charge < -0.3 is 10.1 Å². The molecule has 0 radical (unpaired) electrons. The molecule has 1 fully saturated rings. The zero-order chi connectivity index (χ0) is 21.6. The van der Waals surface area contributed by atoms with Gasteiger partial charge in [0.05, 0.1) is 19.1 Å². The molecule has 1 saturated heterocycles. The summed E-state index contributed by atoms with van der Waals surface area (Å²) in [4.78, 5) is 14.9. The fourth-order valence-electron chi connectivity index (χ4n) is 3.50. The molecule has 1 aliphatic rings. The van der Waals surface area contributed by atoms with Gasteiger partial charge in [0.25, 0.3) is 0 Å². The first kappa shape index (κ1) is 22.1. The Morgan fingerprint density at radius 3 is 2.20 bits per heavy atom. The summed E-state index contributed by atoms with van der Waals surface area (Å²) >= 11 is 0. The third-order valence-corrected chi connectivity index (χ3v) is 6.31. The molecule has 0 aliphatic carbocycles. The number of methoxy groups -OCH3 is 1. The molecular weight excluding hydrogens is 402 g/mol. The largest absolute Gasteiger partial charge is 0.497 e. The number of amides is 1. The third kappa shape index (κ3) is 6.21. The highest BCUT2D eigenvalue weighted by Gasteiger charge is 2.21. The summed E-state index contributed by atoms with van der Waals surface area (Å²) in [5.74, 6) is 0.252. The molecule has 30 heavy (non-hydrogen) atoms. The second kappa shape index (κ2) is 9.95. The predicted octanol–water partition coefficient (Wildman–Crippen LogP) is 2.37. The van der Waals surface area contributed by atoms with E-state index < -0.39 is 10.0 Å². The minimum atomic E-state index is -3.61. The lowest BCUT2D eigenvalue weighted by Gasteiger charge is -2.22. The Morgan fingerprint density at radius 2 is 1.63 bits per heavy atom. The van der Waals surface area contributed by atoms with Crippen LogP contribution in [0.2, 0.25) is 0 Å². The first-order valence-corrected chi connectivity index (χ1v) is 11.9. The van der Waals surface area contributed by atoms with Crippen LogP contribution in [-0.4, -0.2) is 52.2 Å². The van der Waals surface area contributed by atoms with E-state index in [0.717, 1.165) is 35.8 Å². The summed E-state index contributed by atoms with van der Waals surface area (Å²) in [7, 11) is -2.07. The fourth-order valence-corrected chi connectivity index (χ4v) is 4.35. The van der Waals surface area contributed by atoms with Crippen molar-refractivity contribution in [1.82, 2.24) is 10.2 Å². The molecule has 0 unspecified atom stereocenters. The number of rotatable bonds is 9. The van der Waals surface area contributed by atoms with Crippen LogP contribution in [0.5, 0.6) is 5.75 Å². The molecule has 1 amide bonds. The van der Waals surface area contributed by atoms with Crippen molar-refractivity contribution in [2.24, 2.45) is 0 Å². The number of hydrogen-bond acceptors (Lipinski definition) is 5. The monoisotopic (exact) mass is 431 g/mol. The maximum atomic E-state index is 12.4. The Bertz CT molecular complexity index is 937. The number of hydrogen-bond donors (Lipinski definition) is 1. The topological polar surface area (TPSA) is 79.0 Å². The minimum absolute atomic E-state index is 0.280. The molecule has 162 valence electrons. The Hall–Kier alpha value is -2.58. The molecule has 1 aliphatic heterocycles. The van der Waals surface area contributed by atoms with Crippen molar-refractivity contribution in [3.63, 3.8) is 0 Å². The van der Waals surface area contributed by atoms with E-state index in [1.165, 1.54) is 25.5 Å². The highest BCUT2D eigenvalue weighted by Crippen LogP contribution is 2.21. The van der Waals surface area contributed by atoms with Gasteiger partial charge in [-0.2, -0.15) is 0 Å². The normalized spacial score (nSPS) is 14.5. The number of sulfonamides is 1. The number of benzene rings is 2. The van der Waals surface area contributed by atoms with Gasteiger partial charge in [-0.25, -0.2) is 8.42 Å². The number of carbonyl (C=O) groups excluding carboxylic acids is 1. The first-order chi connectivity index (χ1) is 14.3. The van der Waals surface area contributed by atoms with E-state index in [1.807, 2.05) is 12.1 Å². The van der Waals surface area contributed by atoms with Gasteiger partial charge >= 0.3 is 0 Å². The number of likely N-dealkylation sites (tertiary alicyclic amines) is 1. The molecule has 1 heterocycles. The van der Waals surface area contributed by atoms with Crippen molar-refractivity contribution < 1.29 is 17.9 Å². The summed E-state index contributed by atoms with van der Waals surface area (Å²) in [6.07, 6.45) is 3.62. The van der Waals surface area contributed by atoms with E-state index in [1.54, 1.807) is 24.3 Å². The van der Waals surface area contributed by atoms with E-state index in [2.05, 4.69) is 22.3 Å². The average Bonchev–Trinajstić information content (AvgIpc) is 3.24. The highest BCUT2D eigenvalue weighted by molar-refractivity contribution is 7.92. The van der Waals surface area contributed by atoms with Crippen LogP contribution < -0.4 is 14.4 Å². The summed E-state index contributed by atoms with van der Waals surface area (Å²) in [6, 6.07) is 14.7. The lowest BCUT2D eigenvalue weighted by atomic mass is 10.1. The molecule has 3 rings (SSSR count). The van der Waals surface area contributed by atoms with Gasteiger partial charge in [-0.3, -0.25) is 14.0 Å². The summed E-state index contributed by atoms with van der Waals surface area (Å²) in [5.41, 5.74) is 2.65. The highest BCUT2D eigenvalue weighted by atomic mass is 32.2. The fraction of sp³-hybridized carbons (Fsp3) is 0.409.